The number of carbonyl (C=O) groups is 3. The molecule has 12 heteroatoms. The number of methoxy groups -OCH3 is 1. The van der Waals surface area contributed by atoms with Crippen LogP contribution in [0.25, 0.3) is 5.76 Å². The van der Waals surface area contributed by atoms with Crippen LogP contribution < -0.4 is 4.90 Å². The van der Waals surface area contributed by atoms with Crippen LogP contribution in [0.4, 0.5) is 5.69 Å². The zero-order valence-corrected chi connectivity index (χ0v) is 24.6. The lowest BCUT2D eigenvalue weighted by atomic mass is 9.82. The summed E-state index contributed by atoms with van der Waals surface area (Å²) in [7, 11) is -2.41. The van der Waals surface area contributed by atoms with E-state index in [-0.39, 0.29) is 55.5 Å². The summed E-state index contributed by atoms with van der Waals surface area (Å²) >= 11 is 0. The topological polar surface area (TPSA) is 134 Å². The molecule has 224 valence electrons. The number of unbranched alkanes of at least 4 members (excludes halogenated alkanes) is 1. The molecule has 0 saturated carbocycles. The van der Waals surface area contributed by atoms with Crippen molar-refractivity contribution in [1.29, 1.82) is 0 Å². The normalized spacial score (nSPS) is 22.4. The predicted molar refractivity (Wildman–Crippen MR) is 154 cm³/mol. The first-order chi connectivity index (χ1) is 20.2. The number of ether oxygens (including phenoxy) is 2. The first-order valence-electron chi connectivity index (χ1n) is 14.1. The van der Waals surface area contributed by atoms with Crippen LogP contribution >= 0.6 is 0 Å². The van der Waals surface area contributed by atoms with Crippen molar-refractivity contribution < 1.29 is 37.4 Å². The third kappa shape index (κ3) is 4.72. The maximum absolute atomic E-state index is 14.5. The molecule has 11 nitrogen and oxygen atoms in total. The van der Waals surface area contributed by atoms with Crippen molar-refractivity contribution >= 4 is 39.1 Å². The Hall–Kier alpha value is -3.58. The molecule has 3 aliphatic heterocycles. The number of benzene rings is 2. The van der Waals surface area contributed by atoms with Crippen LogP contribution in [0.1, 0.15) is 37.3 Å². The number of anilines is 1. The summed E-state index contributed by atoms with van der Waals surface area (Å²) in [5, 5.41) is 11.8. The Balaban J connectivity index is 1.70. The fourth-order valence-corrected chi connectivity index (χ4v) is 7.41. The van der Waals surface area contributed by atoms with E-state index in [4.69, 9.17) is 9.47 Å². The van der Waals surface area contributed by atoms with Gasteiger partial charge in [-0.2, -0.15) is 4.31 Å². The molecule has 1 atom stereocenters. The number of ketones is 1. The first-order valence-corrected chi connectivity index (χ1v) is 15.5. The number of amides is 2. The third-order valence-electron chi connectivity index (χ3n) is 7.99. The summed E-state index contributed by atoms with van der Waals surface area (Å²) in [5.41, 5.74) is -1.29. The van der Waals surface area contributed by atoms with Gasteiger partial charge in [0.05, 0.1) is 29.4 Å². The summed E-state index contributed by atoms with van der Waals surface area (Å²) in [6.07, 6.45) is 1.85. The summed E-state index contributed by atoms with van der Waals surface area (Å²) in [6.45, 7) is 3.58. The maximum Gasteiger partial charge on any atom is 0.296 e. The average molecular weight is 598 g/mol. The molecule has 2 amide bonds. The number of Topliss-reactive ketones (excluding diaryl/α,β-unsaturated/α-hetero) is 1. The summed E-state index contributed by atoms with van der Waals surface area (Å²) in [5.74, 6) is -3.04. The van der Waals surface area contributed by atoms with Gasteiger partial charge in [-0.3, -0.25) is 14.4 Å². The Labute approximate surface area is 245 Å². The Bertz CT molecular complexity index is 1530. The van der Waals surface area contributed by atoms with E-state index in [1.54, 1.807) is 29.2 Å². The first kappa shape index (κ1) is 29.9. The number of fused-ring (bicyclic) bond motifs is 2. The molecule has 2 fully saturated rings. The Morgan fingerprint density at radius 3 is 2.48 bits per heavy atom. The SMILES string of the molecule is CCCCN1C(=O)C2(/C(=C(/O)c3cccc(S(=O)(=O)N4CCOCC4)c3)C(=O)C(=O)N2CCCOC)c2ccccc21. The molecular formula is C30H35N3O8S. The molecule has 3 heterocycles. The van der Waals surface area contributed by atoms with E-state index in [1.165, 1.54) is 40.6 Å². The van der Waals surface area contributed by atoms with Gasteiger partial charge in [0, 0.05) is 51.0 Å². The fraction of sp³-hybridized carbons (Fsp3) is 0.433. The molecule has 0 aromatic heterocycles. The number of likely N-dealkylation sites (tertiary alicyclic amines) is 1. The highest BCUT2D eigenvalue weighted by atomic mass is 32.2. The zero-order chi connectivity index (χ0) is 30.1. The van der Waals surface area contributed by atoms with Gasteiger partial charge in [-0.05, 0) is 31.0 Å². The maximum atomic E-state index is 14.5. The molecular weight excluding hydrogens is 562 g/mol. The Morgan fingerprint density at radius 2 is 1.76 bits per heavy atom. The second-order valence-electron chi connectivity index (χ2n) is 10.4. The van der Waals surface area contributed by atoms with Crippen molar-refractivity contribution in [3.8, 4) is 0 Å². The third-order valence-corrected chi connectivity index (χ3v) is 9.88. The number of aliphatic hydroxyl groups is 1. The van der Waals surface area contributed by atoms with Crippen molar-refractivity contribution in [3.63, 3.8) is 0 Å². The van der Waals surface area contributed by atoms with Crippen molar-refractivity contribution in [2.75, 3.05) is 58.0 Å². The molecule has 1 spiro atoms. The number of sulfonamides is 1. The van der Waals surface area contributed by atoms with Gasteiger partial charge in [0.2, 0.25) is 10.0 Å². The minimum atomic E-state index is -3.93. The van der Waals surface area contributed by atoms with E-state index in [1.807, 2.05) is 6.92 Å². The van der Waals surface area contributed by atoms with E-state index >= 15 is 0 Å². The number of carbonyl (C=O) groups excluding carboxylic acids is 3. The van der Waals surface area contributed by atoms with Gasteiger partial charge in [-0.25, -0.2) is 8.42 Å². The van der Waals surface area contributed by atoms with Crippen LogP contribution in [-0.4, -0.2) is 93.4 Å². The number of nitrogens with zero attached hydrogens (tertiary/aromatic N) is 3. The van der Waals surface area contributed by atoms with Crippen LogP contribution in [0.15, 0.2) is 59.0 Å². The molecule has 1 unspecified atom stereocenters. The minimum absolute atomic E-state index is 0.0101. The number of hydrogen-bond donors (Lipinski definition) is 1. The number of aliphatic hydroxyl groups excluding tert-OH is 1. The molecule has 0 radical (unpaired) electrons. The summed E-state index contributed by atoms with van der Waals surface area (Å²) in [4.78, 5) is 44.6. The van der Waals surface area contributed by atoms with Crippen molar-refractivity contribution in [2.45, 2.75) is 36.6 Å². The van der Waals surface area contributed by atoms with Gasteiger partial charge in [0.1, 0.15) is 5.76 Å². The highest BCUT2D eigenvalue weighted by Crippen LogP contribution is 2.53. The monoisotopic (exact) mass is 597 g/mol. The molecule has 2 aromatic carbocycles. The highest BCUT2D eigenvalue weighted by Gasteiger charge is 2.66. The van der Waals surface area contributed by atoms with Gasteiger partial charge >= 0.3 is 0 Å². The lowest BCUT2D eigenvalue weighted by molar-refractivity contribution is -0.143. The smallest absolute Gasteiger partial charge is 0.296 e. The van der Waals surface area contributed by atoms with Crippen molar-refractivity contribution in [1.82, 2.24) is 9.21 Å². The largest absolute Gasteiger partial charge is 0.507 e. The van der Waals surface area contributed by atoms with Crippen LogP contribution in [0, 0.1) is 0 Å². The summed E-state index contributed by atoms with van der Waals surface area (Å²) in [6, 6.07) is 12.6. The molecule has 42 heavy (non-hydrogen) atoms. The lowest BCUT2D eigenvalue weighted by Crippen LogP contribution is -2.52. The van der Waals surface area contributed by atoms with E-state index in [0.717, 1.165) is 6.42 Å². The van der Waals surface area contributed by atoms with Crippen LogP contribution in [0.2, 0.25) is 0 Å². The highest BCUT2D eigenvalue weighted by molar-refractivity contribution is 7.89. The molecule has 0 aliphatic carbocycles. The number of hydrogen-bond acceptors (Lipinski definition) is 8. The molecule has 2 saturated heterocycles. The van der Waals surface area contributed by atoms with Gasteiger partial charge in [-0.15, -0.1) is 0 Å². The number of rotatable bonds is 10. The van der Waals surface area contributed by atoms with Crippen LogP contribution in [0.3, 0.4) is 0 Å². The van der Waals surface area contributed by atoms with Gasteiger partial charge in [0.15, 0.2) is 5.54 Å². The Morgan fingerprint density at radius 1 is 1.02 bits per heavy atom. The minimum Gasteiger partial charge on any atom is -0.507 e. The molecule has 2 aromatic rings. The summed E-state index contributed by atoms with van der Waals surface area (Å²) < 4.78 is 38.5. The van der Waals surface area contributed by atoms with Crippen molar-refractivity contribution in [2.24, 2.45) is 0 Å². The predicted octanol–water partition coefficient (Wildman–Crippen LogP) is 2.47. The average Bonchev–Trinajstić information content (AvgIpc) is 3.38. The quantitative estimate of drug-likeness (QED) is 0.191. The molecule has 1 N–H and O–H groups in total. The fourth-order valence-electron chi connectivity index (χ4n) is 5.96. The zero-order valence-electron chi connectivity index (χ0n) is 23.7. The van der Waals surface area contributed by atoms with Gasteiger partial charge < -0.3 is 24.4 Å². The second-order valence-corrected chi connectivity index (χ2v) is 12.4. The van der Waals surface area contributed by atoms with E-state index in [2.05, 4.69) is 0 Å². The number of para-hydroxylation sites is 1. The Kier molecular flexibility index (Phi) is 8.51. The van der Waals surface area contributed by atoms with E-state index in [0.29, 0.717) is 30.6 Å². The van der Waals surface area contributed by atoms with Gasteiger partial charge in [0.25, 0.3) is 17.6 Å². The van der Waals surface area contributed by atoms with Gasteiger partial charge in [-0.1, -0.05) is 43.7 Å². The number of morpholine rings is 1. The van der Waals surface area contributed by atoms with Crippen molar-refractivity contribution in [3.05, 3.63) is 65.2 Å². The molecule has 3 aliphatic rings. The lowest BCUT2D eigenvalue weighted by Gasteiger charge is -2.34. The molecule has 0 bridgehead atoms. The molecule has 5 rings (SSSR count). The van der Waals surface area contributed by atoms with Crippen LogP contribution in [0.5, 0.6) is 0 Å². The van der Waals surface area contributed by atoms with Crippen LogP contribution in [-0.2, 0) is 39.4 Å². The van der Waals surface area contributed by atoms with E-state index in [9.17, 15) is 27.9 Å². The standard InChI is InChI=1S/C30H35N3O8S/c1-3-4-13-32-24-12-6-5-11-23(24)30(29(32)37)25(27(35)28(36)33(30)14-8-17-40-2)26(34)21-9-7-10-22(20-21)42(38,39)31-15-18-41-19-16-31/h5-7,9-12,20,34H,3-4,8,13-19H2,1-2H3/b26-25+. The van der Waals surface area contributed by atoms with E-state index < -0.39 is 38.9 Å². The second kappa shape index (κ2) is 12.0.